The summed E-state index contributed by atoms with van der Waals surface area (Å²) in [5, 5.41) is 1.07. The number of benzene rings is 2. The second-order valence-electron chi connectivity index (χ2n) is 4.14. The fourth-order valence-corrected chi connectivity index (χ4v) is 2.67. The maximum Gasteiger partial charge on any atom is 0.129 e. The van der Waals surface area contributed by atoms with Crippen molar-refractivity contribution >= 4 is 21.6 Å². The summed E-state index contributed by atoms with van der Waals surface area (Å²) in [7, 11) is 1.65. The maximum atomic E-state index is 5.80. The van der Waals surface area contributed by atoms with Crippen LogP contribution in [0.2, 0.25) is 0 Å². The number of fused-ring (bicyclic) bond motifs is 1. The molecule has 0 spiro atoms. The molecule has 0 atom stereocenters. The van der Waals surface area contributed by atoms with E-state index in [9.17, 15) is 0 Å². The molecule has 0 saturated heterocycles. The Morgan fingerprint density at radius 2 is 1.63 bits per heavy atom. The molecule has 2 aromatic carbocycles. The standard InChI is InChI=1S/C15H13NO2S/c1-10-16-14-9-13(7-8-15(14)19-10)18-12-5-3-11(17-2)4-6-12/h3-9H,1-2H3. The number of rotatable bonds is 3. The lowest BCUT2D eigenvalue weighted by atomic mass is 10.3. The number of ether oxygens (including phenoxy) is 2. The molecule has 0 bridgehead atoms. The number of aryl methyl sites for hydroxylation is 1. The molecular weight excluding hydrogens is 258 g/mol. The fourth-order valence-electron chi connectivity index (χ4n) is 1.87. The quantitative estimate of drug-likeness (QED) is 0.707. The highest BCUT2D eigenvalue weighted by atomic mass is 32.1. The molecule has 0 saturated carbocycles. The maximum absolute atomic E-state index is 5.80. The molecule has 0 fully saturated rings. The Morgan fingerprint density at radius 1 is 0.947 bits per heavy atom. The summed E-state index contributed by atoms with van der Waals surface area (Å²) in [6.07, 6.45) is 0. The Bertz CT molecular complexity index is 704. The van der Waals surface area contributed by atoms with Crippen molar-refractivity contribution in [3.05, 3.63) is 47.5 Å². The van der Waals surface area contributed by atoms with E-state index in [2.05, 4.69) is 4.98 Å². The van der Waals surface area contributed by atoms with Gasteiger partial charge in [-0.3, -0.25) is 0 Å². The van der Waals surface area contributed by atoms with Gasteiger partial charge in [-0.25, -0.2) is 4.98 Å². The minimum Gasteiger partial charge on any atom is -0.497 e. The van der Waals surface area contributed by atoms with Crippen LogP contribution in [-0.2, 0) is 0 Å². The van der Waals surface area contributed by atoms with Crippen molar-refractivity contribution < 1.29 is 9.47 Å². The summed E-state index contributed by atoms with van der Waals surface area (Å²) < 4.78 is 12.1. The molecule has 0 unspecified atom stereocenters. The van der Waals surface area contributed by atoms with Crippen LogP contribution in [0, 0.1) is 6.92 Å². The topological polar surface area (TPSA) is 31.4 Å². The van der Waals surface area contributed by atoms with E-state index in [-0.39, 0.29) is 0 Å². The Labute approximate surface area is 115 Å². The molecule has 4 heteroatoms. The van der Waals surface area contributed by atoms with E-state index in [0.717, 1.165) is 27.8 Å². The molecule has 0 amide bonds. The van der Waals surface area contributed by atoms with Gasteiger partial charge in [-0.2, -0.15) is 0 Å². The van der Waals surface area contributed by atoms with Crippen LogP contribution in [0.15, 0.2) is 42.5 Å². The molecule has 3 aromatic rings. The first-order chi connectivity index (χ1) is 9.24. The van der Waals surface area contributed by atoms with Gasteiger partial charge >= 0.3 is 0 Å². The van der Waals surface area contributed by atoms with Gasteiger partial charge in [0.15, 0.2) is 0 Å². The lowest BCUT2D eigenvalue weighted by molar-refractivity contribution is 0.413. The third-order valence-electron chi connectivity index (χ3n) is 2.76. The first-order valence-electron chi connectivity index (χ1n) is 5.94. The van der Waals surface area contributed by atoms with E-state index in [1.165, 1.54) is 4.70 Å². The van der Waals surface area contributed by atoms with Crippen LogP contribution in [0.4, 0.5) is 0 Å². The second kappa shape index (κ2) is 4.90. The highest BCUT2D eigenvalue weighted by Gasteiger charge is 2.03. The normalized spacial score (nSPS) is 10.6. The Balaban J connectivity index is 1.87. The van der Waals surface area contributed by atoms with Crippen molar-refractivity contribution in [3.8, 4) is 17.2 Å². The number of aromatic nitrogens is 1. The molecule has 0 aliphatic carbocycles. The van der Waals surface area contributed by atoms with Gasteiger partial charge in [0.2, 0.25) is 0 Å². The van der Waals surface area contributed by atoms with Crippen molar-refractivity contribution in [3.63, 3.8) is 0 Å². The molecule has 1 heterocycles. The Hall–Kier alpha value is -2.07. The van der Waals surface area contributed by atoms with Gasteiger partial charge in [0.05, 0.1) is 22.3 Å². The van der Waals surface area contributed by atoms with E-state index in [4.69, 9.17) is 9.47 Å². The lowest BCUT2D eigenvalue weighted by Gasteiger charge is -2.06. The summed E-state index contributed by atoms with van der Waals surface area (Å²) in [5.41, 5.74) is 0.980. The van der Waals surface area contributed by atoms with Gasteiger partial charge in [-0.15, -0.1) is 11.3 Å². The van der Waals surface area contributed by atoms with Crippen molar-refractivity contribution in [2.75, 3.05) is 7.11 Å². The van der Waals surface area contributed by atoms with Crippen LogP contribution in [0.25, 0.3) is 10.2 Å². The minimum atomic E-state index is 0.784. The first kappa shape index (κ1) is 12.0. The van der Waals surface area contributed by atoms with Gasteiger partial charge in [-0.05, 0) is 43.3 Å². The fraction of sp³-hybridized carbons (Fsp3) is 0.133. The van der Waals surface area contributed by atoms with Crippen LogP contribution in [0.1, 0.15) is 5.01 Å². The third-order valence-corrected chi connectivity index (χ3v) is 3.71. The molecular formula is C15H13NO2S. The zero-order valence-corrected chi connectivity index (χ0v) is 11.5. The van der Waals surface area contributed by atoms with Gasteiger partial charge in [-0.1, -0.05) is 0 Å². The van der Waals surface area contributed by atoms with Crippen LogP contribution in [0.3, 0.4) is 0 Å². The Morgan fingerprint density at radius 3 is 2.37 bits per heavy atom. The smallest absolute Gasteiger partial charge is 0.129 e. The minimum absolute atomic E-state index is 0.784. The highest BCUT2D eigenvalue weighted by Crippen LogP contribution is 2.29. The molecule has 0 aliphatic heterocycles. The van der Waals surface area contributed by atoms with Crippen molar-refractivity contribution in [2.24, 2.45) is 0 Å². The molecule has 96 valence electrons. The highest BCUT2D eigenvalue weighted by molar-refractivity contribution is 7.18. The molecule has 0 aliphatic rings. The van der Waals surface area contributed by atoms with Gasteiger partial charge in [0.1, 0.15) is 17.2 Å². The van der Waals surface area contributed by atoms with E-state index in [1.807, 2.05) is 49.4 Å². The SMILES string of the molecule is COc1ccc(Oc2ccc3sc(C)nc3c2)cc1. The number of methoxy groups -OCH3 is 1. The van der Waals surface area contributed by atoms with E-state index < -0.39 is 0 Å². The molecule has 3 nitrogen and oxygen atoms in total. The van der Waals surface area contributed by atoms with Crippen LogP contribution >= 0.6 is 11.3 Å². The zero-order valence-electron chi connectivity index (χ0n) is 10.7. The third kappa shape index (κ3) is 2.53. The van der Waals surface area contributed by atoms with Crippen molar-refractivity contribution in [1.29, 1.82) is 0 Å². The largest absolute Gasteiger partial charge is 0.497 e. The van der Waals surface area contributed by atoms with E-state index in [0.29, 0.717) is 0 Å². The Kier molecular flexibility index (Phi) is 3.09. The lowest BCUT2D eigenvalue weighted by Crippen LogP contribution is -1.85. The molecule has 3 rings (SSSR count). The van der Waals surface area contributed by atoms with Gasteiger partial charge < -0.3 is 9.47 Å². The van der Waals surface area contributed by atoms with Crippen molar-refractivity contribution in [2.45, 2.75) is 6.92 Å². The summed E-state index contributed by atoms with van der Waals surface area (Å²) in [6, 6.07) is 13.5. The van der Waals surface area contributed by atoms with Gasteiger partial charge in [0.25, 0.3) is 0 Å². The predicted molar refractivity (Wildman–Crippen MR) is 77.4 cm³/mol. The molecule has 0 radical (unpaired) electrons. The first-order valence-corrected chi connectivity index (χ1v) is 6.75. The van der Waals surface area contributed by atoms with Crippen LogP contribution < -0.4 is 9.47 Å². The molecule has 19 heavy (non-hydrogen) atoms. The number of hydrogen-bond donors (Lipinski definition) is 0. The zero-order chi connectivity index (χ0) is 13.2. The number of hydrogen-bond acceptors (Lipinski definition) is 4. The average Bonchev–Trinajstić information content (AvgIpc) is 2.79. The summed E-state index contributed by atoms with van der Waals surface area (Å²) >= 11 is 1.69. The van der Waals surface area contributed by atoms with Crippen molar-refractivity contribution in [1.82, 2.24) is 4.98 Å². The van der Waals surface area contributed by atoms with Crippen LogP contribution in [0.5, 0.6) is 17.2 Å². The average molecular weight is 271 g/mol. The monoisotopic (exact) mass is 271 g/mol. The molecule has 1 aromatic heterocycles. The van der Waals surface area contributed by atoms with Crippen LogP contribution in [-0.4, -0.2) is 12.1 Å². The number of thiazole rings is 1. The van der Waals surface area contributed by atoms with E-state index in [1.54, 1.807) is 18.4 Å². The second-order valence-corrected chi connectivity index (χ2v) is 5.37. The summed E-state index contributed by atoms with van der Waals surface area (Å²) in [6.45, 7) is 2.01. The predicted octanol–water partition coefficient (Wildman–Crippen LogP) is 4.41. The van der Waals surface area contributed by atoms with Gasteiger partial charge in [0, 0.05) is 6.07 Å². The number of nitrogens with zero attached hydrogens (tertiary/aromatic N) is 1. The summed E-state index contributed by atoms with van der Waals surface area (Å²) in [5.74, 6) is 2.40. The molecule has 0 N–H and O–H groups in total. The van der Waals surface area contributed by atoms with E-state index >= 15 is 0 Å². The summed E-state index contributed by atoms with van der Waals surface area (Å²) in [4.78, 5) is 4.46.